The van der Waals surface area contributed by atoms with E-state index in [-0.39, 0.29) is 12.7 Å². The van der Waals surface area contributed by atoms with Gasteiger partial charge in [-0.1, -0.05) is 0 Å². The van der Waals surface area contributed by atoms with E-state index in [2.05, 4.69) is 29.7 Å². The van der Waals surface area contributed by atoms with Gasteiger partial charge in [-0.2, -0.15) is 0 Å². The zero-order chi connectivity index (χ0) is 29.2. The Kier molecular flexibility index (Phi) is 7.98. The number of carbonyl (C=O) groups is 1. The Morgan fingerprint density at radius 3 is 2.44 bits per heavy atom. The lowest BCUT2D eigenvalue weighted by Gasteiger charge is -2.32. The molecule has 1 saturated heterocycles. The number of rotatable bonds is 8. The molecule has 2 aliphatic rings. The van der Waals surface area contributed by atoms with E-state index in [9.17, 15) is 13.2 Å². The van der Waals surface area contributed by atoms with E-state index >= 15 is 0 Å². The summed E-state index contributed by atoms with van der Waals surface area (Å²) in [6.45, 7) is 7.32. The number of piperidine rings is 1. The van der Waals surface area contributed by atoms with Crippen molar-refractivity contribution >= 4 is 33.3 Å². The fourth-order valence-electron chi connectivity index (χ4n) is 4.79. The Bertz CT molecular complexity index is 1500. The molecule has 0 aliphatic carbocycles. The van der Waals surface area contributed by atoms with Gasteiger partial charge in [0.15, 0.2) is 22.2 Å². The van der Waals surface area contributed by atoms with Crippen LogP contribution in [0, 0.1) is 0 Å². The average molecular weight is 583 g/mol. The predicted octanol–water partition coefficient (Wildman–Crippen LogP) is 3.13. The van der Waals surface area contributed by atoms with E-state index in [1.54, 1.807) is 45.3 Å². The van der Waals surface area contributed by atoms with Crippen molar-refractivity contribution in [3.05, 3.63) is 48.5 Å². The molecule has 13 heteroatoms. The van der Waals surface area contributed by atoms with E-state index in [1.807, 2.05) is 12.1 Å². The number of carbonyl (C=O) groups excluding carboxylic acids is 1. The second-order valence-corrected chi connectivity index (χ2v) is 13.1. The van der Waals surface area contributed by atoms with Crippen molar-refractivity contribution in [2.45, 2.75) is 56.6 Å². The first kappa shape index (κ1) is 28.5. The Labute approximate surface area is 239 Å². The third-order valence-electron chi connectivity index (χ3n) is 6.68. The number of esters is 1. The Hall–Kier alpha value is -4.00. The zero-order valence-electron chi connectivity index (χ0n) is 23.6. The number of ether oxygens (including phenoxy) is 3. The van der Waals surface area contributed by atoms with Crippen LogP contribution in [-0.2, 0) is 25.8 Å². The Morgan fingerprint density at radius 2 is 1.76 bits per heavy atom. The number of fused-ring (bicyclic) bond motifs is 1. The molecule has 5 rings (SSSR count). The second-order valence-electron chi connectivity index (χ2n) is 11.1. The summed E-state index contributed by atoms with van der Waals surface area (Å²) in [6.07, 6.45) is 8.05. The highest BCUT2D eigenvalue weighted by atomic mass is 32.2. The lowest BCUT2D eigenvalue weighted by atomic mass is 10.1. The molecule has 0 radical (unpaired) electrons. The minimum Gasteiger partial charge on any atom is -0.479 e. The lowest BCUT2D eigenvalue weighted by Crippen LogP contribution is -2.39. The van der Waals surface area contributed by atoms with Gasteiger partial charge in [0, 0.05) is 50.5 Å². The van der Waals surface area contributed by atoms with Gasteiger partial charge >= 0.3 is 5.97 Å². The van der Waals surface area contributed by atoms with Crippen molar-refractivity contribution in [2.75, 3.05) is 42.3 Å². The van der Waals surface area contributed by atoms with Crippen molar-refractivity contribution in [3.8, 4) is 11.6 Å². The van der Waals surface area contributed by atoms with Crippen LogP contribution < -0.4 is 19.3 Å². The van der Waals surface area contributed by atoms with Crippen LogP contribution in [0.4, 0.5) is 17.5 Å². The molecule has 2 aliphatic heterocycles. The van der Waals surface area contributed by atoms with Crippen molar-refractivity contribution in [2.24, 2.45) is 0 Å². The molecule has 0 saturated carbocycles. The summed E-state index contributed by atoms with van der Waals surface area (Å²) in [5, 5.41) is 0. The second kappa shape index (κ2) is 11.5. The number of hydrogen-bond donors (Lipinski definition) is 0. The summed E-state index contributed by atoms with van der Waals surface area (Å²) in [7, 11) is -3.26. The van der Waals surface area contributed by atoms with Crippen molar-refractivity contribution in [1.82, 2.24) is 19.9 Å². The molecule has 0 spiro atoms. The number of benzene rings is 1. The normalized spacial score (nSPS) is 15.9. The Morgan fingerprint density at radius 1 is 1.02 bits per heavy atom. The molecule has 41 heavy (non-hydrogen) atoms. The average Bonchev–Trinajstić information content (AvgIpc) is 3.35. The van der Waals surface area contributed by atoms with Crippen LogP contribution in [0.2, 0.25) is 0 Å². The monoisotopic (exact) mass is 582 g/mol. The highest BCUT2D eigenvalue weighted by Crippen LogP contribution is 2.35. The fourth-order valence-corrected chi connectivity index (χ4v) is 5.47. The maximum Gasteiger partial charge on any atom is 0.344 e. The molecule has 2 aromatic heterocycles. The van der Waals surface area contributed by atoms with Crippen molar-refractivity contribution in [1.29, 1.82) is 0 Å². The lowest BCUT2D eigenvalue weighted by molar-refractivity contribution is -0.157. The molecule has 218 valence electrons. The summed E-state index contributed by atoms with van der Waals surface area (Å²) in [6, 6.07) is 7.03. The molecule has 0 unspecified atom stereocenters. The topological polar surface area (TPSA) is 137 Å². The molecule has 1 fully saturated rings. The minimum atomic E-state index is -3.26. The number of anilines is 3. The van der Waals surface area contributed by atoms with Gasteiger partial charge in [-0.25, -0.2) is 33.1 Å². The van der Waals surface area contributed by atoms with Crippen LogP contribution in [0.1, 0.15) is 39.2 Å². The minimum absolute atomic E-state index is 0.0198. The van der Waals surface area contributed by atoms with E-state index < -0.39 is 21.4 Å². The Balaban J connectivity index is 1.14. The van der Waals surface area contributed by atoms with Gasteiger partial charge in [0.05, 0.1) is 17.3 Å². The molecule has 3 aromatic rings. The number of hydrogen-bond acceptors (Lipinski definition) is 12. The van der Waals surface area contributed by atoms with Gasteiger partial charge in [0.25, 0.3) is 0 Å². The summed E-state index contributed by atoms with van der Waals surface area (Å²) >= 11 is 0. The van der Waals surface area contributed by atoms with Crippen molar-refractivity contribution in [3.63, 3.8) is 0 Å². The molecule has 0 amide bonds. The van der Waals surface area contributed by atoms with E-state index in [1.165, 1.54) is 12.6 Å². The van der Waals surface area contributed by atoms with Gasteiger partial charge in [0.1, 0.15) is 23.9 Å². The van der Waals surface area contributed by atoms with Crippen LogP contribution in [0.3, 0.4) is 0 Å². The van der Waals surface area contributed by atoms with Crippen LogP contribution >= 0.6 is 0 Å². The zero-order valence-corrected chi connectivity index (χ0v) is 24.4. The predicted molar refractivity (Wildman–Crippen MR) is 152 cm³/mol. The van der Waals surface area contributed by atoms with Crippen LogP contribution in [0.25, 0.3) is 0 Å². The quantitative estimate of drug-likeness (QED) is 0.361. The maximum atomic E-state index is 11.9. The van der Waals surface area contributed by atoms with Crippen LogP contribution in [0.15, 0.2) is 47.9 Å². The van der Waals surface area contributed by atoms with Gasteiger partial charge < -0.3 is 24.0 Å². The van der Waals surface area contributed by atoms with Crippen LogP contribution in [0.5, 0.6) is 11.6 Å². The van der Waals surface area contributed by atoms with Gasteiger partial charge in [-0.05, 0) is 51.0 Å². The number of aromatic nitrogens is 4. The third kappa shape index (κ3) is 7.20. The van der Waals surface area contributed by atoms with E-state index in [0.717, 1.165) is 30.5 Å². The number of nitrogens with zero attached hydrogens (tertiary/aromatic N) is 6. The smallest absolute Gasteiger partial charge is 0.344 e. The highest BCUT2D eigenvalue weighted by molar-refractivity contribution is 7.90. The molecule has 12 nitrogen and oxygen atoms in total. The molecule has 0 atom stereocenters. The first-order valence-electron chi connectivity index (χ1n) is 13.5. The maximum absolute atomic E-state index is 11.9. The summed E-state index contributed by atoms with van der Waals surface area (Å²) in [5.41, 5.74) is 1.35. The standard InChI is InChI=1S/C28H34N6O6S/c1-28(2,3)40-26(35)17-38-21-15-29-27(30-16-21)33-10-8-20(9-11-33)39-25-14-24(31-18-32-25)34-12-7-19-13-22(41(4,36)37)5-6-23(19)34/h5-6,13-16,18,20H,7-12,17H2,1-4H3. The molecule has 0 bridgehead atoms. The SMILES string of the molecule is CC(C)(C)OC(=O)COc1cnc(N2CCC(Oc3cc(N4CCc5cc(S(C)(=O)=O)ccc54)ncn3)CC2)nc1. The highest BCUT2D eigenvalue weighted by Gasteiger charge is 2.26. The summed E-state index contributed by atoms with van der Waals surface area (Å²) in [5.74, 6) is 1.74. The van der Waals surface area contributed by atoms with E-state index in [0.29, 0.717) is 47.9 Å². The van der Waals surface area contributed by atoms with Gasteiger partial charge in [-0.15, -0.1) is 0 Å². The van der Waals surface area contributed by atoms with Crippen LogP contribution in [-0.4, -0.2) is 78.5 Å². The van der Waals surface area contributed by atoms with E-state index in [4.69, 9.17) is 14.2 Å². The number of sulfone groups is 1. The van der Waals surface area contributed by atoms with Gasteiger partial charge in [0.2, 0.25) is 11.8 Å². The molecule has 0 N–H and O–H groups in total. The molecule has 1 aromatic carbocycles. The largest absolute Gasteiger partial charge is 0.479 e. The fraction of sp³-hybridized carbons (Fsp3) is 0.464. The first-order valence-corrected chi connectivity index (χ1v) is 15.3. The van der Waals surface area contributed by atoms with Crippen molar-refractivity contribution < 1.29 is 27.4 Å². The third-order valence-corrected chi connectivity index (χ3v) is 7.79. The first-order chi connectivity index (χ1) is 19.4. The summed E-state index contributed by atoms with van der Waals surface area (Å²) in [4.78, 5) is 33.8. The molecular weight excluding hydrogens is 548 g/mol. The van der Waals surface area contributed by atoms with Gasteiger partial charge in [-0.3, -0.25) is 0 Å². The summed E-state index contributed by atoms with van der Waals surface area (Å²) < 4.78 is 40.8. The molecule has 4 heterocycles. The molecular formula is C28H34N6O6S.